The lowest BCUT2D eigenvalue weighted by atomic mass is 9.97. The summed E-state index contributed by atoms with van der Waals surface area (Å²) in [6, 6.07) is 12.8. The van der Waals surface area contributed by atoms with Gasteiger partial charge in [-0.15, -0.1) is 0 Å². The normalized spacial score (nSPS) is 15.5. The van der Waals surface area contributed by atoms with Gasteiger partial charge in [0.1, 0.15) is 18.1 Å². The Hall–Kier alpha value is -3.46. The predicted molar refractivity (Wildman–Crippen MR) is 132 cm³/mol. The maximum Gasteiger partial charge on any atom is 0.318 e. The van der Waals surface area contributed by atoms with Crippen LogP contribution in [0.5, 0.6) is 5.75 Å². The Labute approximate surface area is 205 Å². The lowest BCUT2D eigenvalue weighted by molar-refractivity contribution is -0.133. The number of para-hydroxylation sites is 1. The first-order valence-electron chi connectivity index (χ1n) is 11.5. The smallest absolute Gasteiger partial charge is 0.318 e. The molecule has 9 heteroatoms. The Balaban J connectivity index is 1.94. The molecule has 0 bridgehead atoms. The number of amides is 3. The molecular weight excluding hydrogens is 451 g/mol. The molecule has 0 saturated heterocycles. The number of hydrogen-bond acceptors (Lipinski definition) is 5. The number of hydrazone groups is 1. The summed E-state index contributed by atoms with van der Waals surface area (Å²) in [6.45, 7) is 5.87. The topological polar surface area (TPSA) is 83.5 Å². The minimum Gasteiger partial charge on any atom is -0.496 e. The molecule has 2 aromatic carbocycles. The van der Waals surface area contributed by atoms with Gasteiger partial charge >= 0.3 is 6.03 Å². The van der Waals surface area contributed by atoms with E-state index in [1.807, 2.05) is 39.0 Å². The monoisotopic (exact) mass is 484 g/mol. The Morgan fingerprint density at radius 1 is 1.14 bits per heavy atom. The van der Waals surface area contributed by atoms with Crippen LogP contribution in [-0.4, -0.2) is 67.0 Å². The average Bonchev–Trinajstić information content (AvgIpc) is 3.26. The van der Waals surface area contributed by atoms with Crippen molar-refractivity contribution in [3.63, 3.8) is 0 Å². The largest absolute Gasteiger partial charge is 0.496 e. The molecule has 0 aliphatic carbocycles. The molecule has 0 unspecified atom stereocenters. The van der Waals surface area contributed by atoms with Crippen LogP contribution in [0.25, 0.3) is 0 Å². The fourth-order valence-electron chi connectivity index (χ4n) is 3.87. The Morgan fingerprint density at radius 2 is 1.83 bits per heavy atom. The van der Waals surface area contributed by atoms with Crippen LogP contribution < -0.4 is 10.1 Å². The highest BCUT2D eigenvalue weighted by Crippen LogP contribution is 2.37. The highest BCUT2D eigenvalue weighted by molar-refractivity contribution is 6.03. The van der Waals surface area contributed by atoms with Gasteiger partial charge in [0.15, 0.2) is 0 Å². The fourth-order valence-corrected chi connectivity index (χ4v) is 3.87. The predicted octanol–water partition coefficient (Wildman–Crippen LogP) is 3.97. The van der Waals surface area contributed by atoms with Crippen LogP contribution in [0.3, 0.4) is 0 Å². The third kappa shape index (κ3) is 6.57. The van der Waals surface area contributed by atoms with Crippen LogP contribution in [0.15, 0.2) is 53.6 Å². The zero-order valence-electron chi connectivity index (χ0n) is 20.9. The molecule has 1 atom stereocenters. The number of ether oxygens (including phenoxy) is 2. The third-order valence-electron chi connectivity index (χ3n) is 5.51. The molecule has 2 aromatic rings. The number of halogens is 1. The first-order valence-corrected chi connectivity index (χ1v) is 11.5. The molecule has 3 rings (SSSR count). The van der Waals surface area contributed by atoms with Gasteiger partial charge in [-0.3, -0.25) is 4.79 Å². The van der Waals surface area contributed by atoms with E-state index < -0.39 is 23.3 Å². The number of carbonyl (C=O) groups is 2. The molecule has 3 amide bonds. The number of hydrogen-bond donors (Lipinski definition) is 1. The second-order valence-electron chi connectivity index (χ2n) is 9.32. The van der Waals surface area contributed by atoms with Crippen LogP contribution in [0.2, 0.25) is 0 Å². The van der Waals surface area contributed by atoms with Crippen molar-refractivity contribution < 1.29 is 23.5 Å². The number of methoxy groups -OCH3 is 2. The van der Waals surface area contributed by atoms with Crippen molar-refractivity contribution in [3.05, 3.63) is 65.5 Å². The summed E-state index contributed by atoms with van der Waals surface area (Å²) in [5.41, 5.74) is 1.07. The van der Waals surface area contributed by atoms with Gasteiger partial charge in [0.2, 0.25) is 0 Å². The van der Waals surface area contributed by atoms with Crippen LogP contribution in [-0.2, 0) is 9.53 Å². The van der Waals surface area contributed by atoms with Crippen molar-refractivity contribution in [1.29, 1.82) is 0 Å². The number of nitrogens with one attached hydrogen (secondary N) is 1. The molecular formula is C26H33FN4O4. The molecule has 1 aliphatic rings. The molecule has 0 saturated carbocycles. The molecule has 1 heterocycles. The van der Waals surface area contributed by atoms with Gasteiger partial charge in [-0.1, -0.05) is 36.4 Å². The first-order chi connectivity index (χ1) is 16.6. The number of carbonyl (C=O) groups excluding carboxylic acids is 2. The molecule has 0 fully saturated rings. The van der Waals surface area contributed by atoms with Crippen molar-refractivity contribution >= 4 is 17.6 Å². The second-order valence-corrected chi connectivity index (χ2v) is 9.32. The molecule has 0 radical (unpaired) electrons. The fraction of sp³-hybridized carbons (Fsp3) is 0.423. The molecule has 1 N–H and O–H groups in total. The lowest BCUT2D eigenvalue weighted by Crippen LogP contribution is -2.52. The van der Waals surface area contributed by atoms with Gasteiger partial charge in [0.05, 0.1) is 25.5 Å². The van der Waals surface area contributed by atoms with Gasteiger partial charge in [-0.25, -0.2) is 14.2 Å². The number of rotatable bonds is 8. The van der Waals surface area contributed by atoms with E-state index in [1.54, 1.807) is 31.4 Å². The van der Waals surface area contributed by atoms with E-state index >= 15 is 0 Å². The van der Waals surface area contributed by atoms with Crippen molar-refractivity contribution in [2.75, 3.05) is 33.9 Å². The minimum atomic E-state index is -0.511. The van der Waals surface area contributed by atoms with E-state index in [9.17, 15) is 14.0 Å². The highest BCUT2D eigenvalue weighted by Gasteiger charge is 2.36. The quantitative estimate of drug-likeness (QED) is 0.615. The van der Waals surface area contributed by atoms with Gasteiger partial charge in [0, 0.05) is 36.7 Å². The Kier molecular flexibility index (Phi) is 8.45. The van der Waals surface area contributed by atoms with Crippen molar-refractivity contribution in [1.82, 2.24) is 15.2 Å². The third-order valence-corrected chi connectivity index (χ3v) is 5.51. The van der Waals surface area contributed by atoms with E-state index in [-0.39, 0.29) is 25.7 Å². The molecule has 8 nitrogen and oxygen atoms in total. The van der Waals surface area contributed by atoms with Crippen LogP contribution in [0, 0.1) is 5.82 Å². The summed E-state index contributed by atoms with van der Waals surface area (Å²) in [7, 11) is 3.09. The first kappa shape index (κ1) is 26.2. The minimum absolute atomic E-state index is 0.217. The van der Waals surface area contributed by atoms with E-state index in [0.29, 0.717) is 23.4 Å². The van der Waals surface area contributed by atoms with Crippen molar-refractivity contribution in [2.45, 2.75) is 38.8 Å². The highest BCUT2D eigenvalue weighted by atomic mass is 19.1. The molecule has 0 spiro atoms. The Bertz CT molecular complexity index is 1080. The van der Waals surface area contributed by atoms with E-state index in [2.05, 4.69) is 10.4 Å². The zero-order chi connectivity index (χ0) is 25.6. The lowest BCUT2D eigenvalue weighted by Gasteiger charge is -2.30. The number of nitrogens with zero attached hydrogens (tertiary/aromatic N) is 3. The summed E-state index contributed by atoms with van der Waals surface area (Å²) < 4.78 is 25.2. The van der Waals surface area contributed by atoms with Crippen LogP contribution in [0.4, 0.5) is 9.18 Å². The average molecular weight is 485 g/mol. The molecule has 0 aromatic heterocycles. The van der Waals surface area contributed by atoms with Crippen LogP contribution in [0.1, 0.15) is 44.4 Å². The number of benzene rings is 2. The van der Waals surface area contributed by atoms with E-state index in [1.165, 1.54) is 23.1 Å². The molecule has 1 aliphatic heterocycles. The second kappa shape index (κ2) is 11.3. The summed E-state index contributed by atoms with van der Waals surface area (Å²) >= 11 is 0. The summed E-state index contributed by atoms with van der Waals surface area (Å²) in [6.07, 6.45) is 0.305. The standard InChI is InChI=1S/C26H33FN4O4/c1-26(2,3)28-25(33)30(14-15-34-4)17-24(32)31-22(19-11-7-9-13-23(19)35-5)16-21(29-31)18-10-6-8-12-20(18)27/h6-13,22H,14-17H2,1-5H3,(H,28,33)/t22-/m1/s1. The number of urea groups is 1. The maximum absolute atomic E-state index is 14.6. The zero-order valence-corrected chi connectivity index (χ0v) is 20.9. The van der Waals surface area contributed by atoms with Gasteiger partial charge < -0.3 is 19.7 Å². The molecule has 188 valence electrons. The van der Waals surface area contributed by atoms with Crippen molar-refractivity contribution in [3.8, 4) is 5.75 Å². The SMILES string of the molecule is COCCN(CC(=O)N1N=C(c2ccccc2F)C[C@@H]1c1ccccc1OC)C(=O)NC(C)(C)C. The van der Waals surface area contributed by atoms with Gasteiger partial charge in [0.25, 0.3) is 5.91 Å². The van der Waals surface area contributed by atoms with Gasteiger partial charge in [-0.05, 0) is 32.9 Å². The van der Waals surface area contributed by atoms with Gasteiger partial charge in [-0.2, -0.15) is 5.10 Å². The molecule has 35 heavy (non-hydrogen) atoms. The maximum atomic E-state index is 14.6. The summed E-state index contributed by atoms with van der Waals surface area (Å²) in [5, 5.41) is 8.75. The van der Waals surface area contributed by atoms with Crippen molar-refractivity contribution in [2.24, 2.45) is 5.10 Å². The van der Waals surface area contributed by atoms with E-state index in [0.717, 1.165) is 5.56 Å². The Morgan fingerprint density at radius 3 is 2.49 bits per heavy atom. The van der Waals surface area contributed by atoms with E-state index in [4.69, 9.17) is 9.47 Å². The summed E-state index contributed by atoms with van der Waals surface area (Å²) in [5.74, 6) is -0.208. The van der Waals surface area contributed by atoms with Crippen LogP contribution >= 0.6 is 0 Å². The summed E-state index contributed by atoms with van der Waals surface area (Å²) in [4.78, 5) is 27.8.